The van der Waals surface area contributed by atoms with E-state index in [1.54, 1.807) is 0 Å². The van der Waals surface area contributed by atoms with Crippen LogP contribution in [0, 0.1) is 5.92 Å². The van der Waals surface area contributed by atoms with Gasteiger partial charge < -0.3 is 11.1 Å². The zero-order valence-corrected chi connectivity index (χ0v) is 12.2. The van der Waals surface area contributed by atoms with Crippen LogP contribution in [-0.4, -0.2) is 35.4 Å². The minimum atomic E-state index is -0.0662. The van der Waals surface area contributed by atoms with Crippen molar-refractivity contribution in [1.29, 1.82) is 0 Å². The van der Waals surface area contributed by atoms with Gasteiger partial charge in [0, 0.05) is 18.8 Å². The normalized spacial score (nSPS) is 17.6. The molecule has 0 radical (unpaired) electrons. The van der Waals surface area contributed by atoms with Crippen LogP contribution in [0.3, 0.4) is 0 Å². The Morgan fingerprint density at radius 1 is 1.58 bits per heavy atom. The smallest absolute Gasteiger partial charge is 0.223 e. The first kappa shape index (κ1) is 14.4. The minimum absolute atomic E-state index is 0.0662. The van der Waals surface area contributed by atoms with Gasteiger partial charge in [0.25, 0.3) is 0 Å². The first-order valence-corrected chi connectivity index (χ1v) is 7.69. The highest BCUT2D eigenvalue weighted by molar-refractivity contribution is 7.13. The second-order valence-electron chi connectivity index (χ2n) is 5.12. The van der Waals surface area contributed by atoms with Crippen molar-refractivity contribution in [3.8, 4) is 0 Å². The number of rotatable bonds is 5. The number of nitrogens with one attached hydrogen (secondary N) is 1. The molecular weight excluding hydrogens is 260 g/mol. The molecule has 1 amide bonds. The third-order valence-corrected chi connectivity index (χ3v) is 4.31. The van der Waals surface area contributed by atoms with Gasteiger partial charge in [0.2, 0.25) is 5.91 Å². The fourth-order valence-electron chi connectivity index (χ4n) is 2.49. The Morgan fingerprint density at radius 3 is 2.95 bits per heavy atom. The van der Waals surface area contributed by atoms with Crippen LogP contribution in [0.2, 0.25) is 0 Å². The van der Waals surface area contributed by atoms with Gasteiger partial charge in [0.15, 0.2) is 5.13 Å². The number of carbonyl (C=O) groups excluding carboxylic acids is 1. The summed E-state index contributed by atoms with van der Waals surface area (Å²) < 4.78 is 0. The molecule has 0 saturated carbocycles. The molecule has 0 spiro atoms. The summed E-state index contributed by atoms with van der Waals surface area (Å²) in [4.78, 5) is 17.8. The van der Waals surface area contributed by atoms with Gasteiger partial charge in [-0.2, -0.15) is 0 Å². The summed E-state index contributed by atoms with van der Waals surface area (Å²) >= 11 is 1.49. The lowest BCUT2D eigenvalue weighted by Crippen LogP contribution is -2.33. The van der Waals surface area contributed by atoms with Gasteiger partial charge in [-0.15, -0.1) is 11.3 Å². The summed E-state index contributed by atoms with van der Waals surface area (Å²) in [5, 5.41) is 5.44. The highest BCUT2D eigenvalue weighted by atomic mass is 32.1. The quantitative estimate of drug-likeness (QED) is 0.861. The molecule has 1 aliphatic heterocycles. The molecule has 6 heteroatoms. The van der Waals surface area contributed by atoms with E-state index < -0.39 is 0 Å². The van der Waals surface area contributed by atoms with Crippen molar-refractivity contribution in [2.45, 2.75) is 32.7 Å². The number of carbonyl (C=O) groups is 1. The van der Waals surface area contributed by atoms with E-state index in [1.165, 1.54) is 31.1 Å². The number of likely N-dealkylation sites (tertiary alicyclic amines) is 1. The molecule has 0 aliphatic carbocycles. The van der Waals surface area contributed by atoms with Crippen LogP contribution in [0.4, 0.5) is 5.13 Å². The molecule has 0 bridgehead atoms. The fraction of sp³-hybridized carbons (Fsp3) is 0.692. The number of aromatic nitrogens is 1. The van der Waals surface area contributed by atoms with Gasteiger partial charge in [0.1, 0.15) is 0 Å². The third-order valence-electron chi connectivity index (χ3n) is 3.50. The van der Waals surface area contributed by atoms with Gasteiger partial charge in [0.05, 0.1) is 5.69 Å². The lowest BCUT2D eigenvalue weighted by Gasteiger charge is -2.31. The zero-order valence-electron chi connectivity index (χ0n) is 11.4. The van der Waals surface area contributed by atoms with Gasteiger partial charge in [-0.1, -0.05) is 0 Å². The van der Waals surface area contributed by atoms with E-state index >= 15 is 0 Å². The summed E-state index contributed by atoms with van der Waals surface area (Å²) in [6.07, 6.45) is 3.62. The Kier molecular flexibility index (Phi) is 5.30. The standard InChI is InChI=1S/C13H22N4OS/c1-10(18)15-13-16-12(9-19-13)8-17-6-3-11(2-5-14)4-7-17/h9,11H,2-8,14H2,1H3,(H,15,16,18). The van der Waals surface area contributed by atoms with Crippen molar-refractivity contribution in [1.82, 2.24) is 9.88 Å². The summed E-state index contributed by atoms with van der Waals surface area (Å²) in [5.41, 5.74) is 6.65. The Balaban J connectivity index is 1.79. The number of hydrogen-bond acceptors (Lipinski definition) is 5. The second kappa shape index (κ2) is 6.98. The summed E-state index contributed by atoms with van der Waals surface area (Å²) in [6, 6.07) is 0. The predicted molar refractivity (Wildman–Crippen MR) is 78.1 cm³/mol. The third kappa shape index (κ3) is 4.56. The Morgan fingerprint density at radius 2 is 2.32 bits per heavy atom. The molecule has 1 aliphatic rings. The van der Waals surface area contributed by atoms with E-state index in [2.05, 4.69) is 15.2 Å². The van der Waals surface area contributed by atoms with Gasteiger partial charge in [-0.3, -0.25) is 9.69 Å². The minimum Gasteiger partial charge on any atom is -0.330 e. The molecule has 19 heavy (non-hydrogen) atoms. The van der Waals surface area contributed by atoms with E-state index in [9.17, 15) is 4.79 Å². The largest absolute Gasteiger partial charge is 0.330 e. The van der Waals surface area contributed by atoms with Crippen LogP contribution < -0.4 is 11.1 Å². The number of nitrogens with zero attached hydrogens (tertiary/aromatic N) is 2. The van der Waals surface area contributed by atoms with Crippen molar-refractivity contribution >= 4 is 22.4 Å². The highest BCUT2D eigenvalue weighted by Gasteiger charge is 2.19. The predicted octanol–water partition coefficient (Wildman–Crippen LogP) is 1.66. The maximum Gasteiger partial charge on any atom is 0.223 e. The molecule has 0 unspecified atom stereocenters. The van der Waals surface area contributed by atoms with E-state index in [0.29, 0.717) is 5.13 Å². The summed E-state index contributed by atoms with van der Waals surface area (Å²) in [5.74, 6) is 0.732. The van der Waals surface area contributed by atoms with Crippen molar-refractivity contribution in [3.05, 3.63) is 11.1 Å². The van der Waals surface area contributed by atoms with E-state index in [0.717, 1.165) is 44.2 Å². The molecule has 1 aromatic rings. The van der Waals surface area contributed by atoms with Crippen LogP contribution in [0.15, 0.2) is 5.38 Å². The summed E-state index contributed by atoms with van der Waals surface area (Å²) in [7, 11) is 0. The van der Waals surface area contributed by atoms with Crippen LogP contribution in [0.25, 0.3) is 0 Å². The molecule has 2 heterocycles. The van der Waals surface area contributed by atoms with Gasteiger partial charge >= 0.3 is 0 Å². The average Bonchev–Trinajstić information content (AvgIpc) is 2.78. The van der Waals surface area contributed by atoms with Crippen molar-refractivity contribution in [3.63, 3.8) is 0 Å². The highest BCUT2D eigenvalue weighted by Crippen LogP contribution is 2.22. The van der Waals surface area contributed by atoms with E-state index in [4.69, 9.17) is 5.73 Å². The van der Waals surface area contributed by atoms with E-state index in [-0.39, 0.29) is 5.91 Å². The zero-order chi connectivity index (χ0) is 13.7. The number of thiazole rings is 1. The molecular formula is C13H22N4OS. The number of anilines is 1. The molecule has 1 saturated heterocycles. The van der Waals surface area contributed by atoms with E-state index in [1.807, 2.05) is 5.38 Å². The molecule has 2 rings (SSSR count). The number of amides is 1. The molecule has 5 nitrogen and oxygen atoms in total. The van der Waals surface area contributed by atoms with Crippen LogP contribution in [-0.2, 0) is 11.3 Å². The maximum atomic E-state index is 10.9. The van der Waals surface area contributed by atoms with Gasteiger partial charge in [-0.25, -0.2) is 4.98 Å². The summed E-state index contributed by atoms with van der Waals surface area (Å²) in [6.45, 7) is 5.43. The fourth-order valence-corrected chi connectivity index (χ4v) is 3.23. The Labute approximate surface area is 118 Å². The average molecular weight is 282 g/mol. The van der Waals surface area contributed by atoms with Crippen LogP contribution >= 0.6 is 11.3 Å². The van der Waals surface area contributed by atoms with Gasteiger partial charge in [-0.05, 0) is 44.8 Å². The number of piperidine rings is 1. The number of nitrogens with two attached hydrogens (primary N) is 1. The molecule has 1 aromatic heterocycles. The first-order chi connectivity index (χ1) is 9.17. The van der Waals surface area contributed by atoms with Crippen molar-refractivity contribution in [2.75, 3.05) is 25.0 Å². The number of hydrogen-bond donors (Lipinski definition) is 2. The molecule has 0 aromatic carbocycles. The molecule has 0 atom stereocenters. The molecule has 1 fully saturated rings. The Hall–Kier alpha value is -0.980. The molecule has 3 N–H and O–H groups in total. The van der Waals surface area contributed by atoms with Crippen LogP contribution in [0.5, 0.6) is 0 Å². The first-order valence-electron chi connectivity index (χ1n) is 6.82. The lowest BCUT2D eigenvalue weighted by molar-refractivity contribution is -0.114. The second-order valence-corrected chi connectivity index (χ2v) is 5.98. The molecule has 106 valence electrons. The van der Waals surface area contributed by atoms with Crippen molar-refractivity contribution in [2.24, 2.45) is 11.7 Å². The SMILES string of the molecule is CC(=O)Nc1nc(CN2CCC(CCN)CC2)cs1. The van der Waals surface area contributed by atoms with Crippen LogP contribution in [0.1, 0.15) is 31.9 Å². The monoisotopic (exact) mass is 282 g/mol. The maximum absolute atomic E-state index is 10.9. The van der Waals surface area contributed by atoms with Crippen molar-refractivity contribution < 1.29 is 4.79 Å². The lowest BCUT2D eigenvalue weighted by atomic mass is 9.93. The topological polar surface area (TPSA) is 71.2 Å². The Bertz CT molecular complexity index is 413.